The van der Waals surface area contributed by atoms with Crippen LogP contribution in [0.4, 0.5) is 0 Å². The first-order valence-electron chi connectivity index (χ1n) is 6.26. The summed E-state index contributed by atoms with van der Waals surface area (Å²) in [6.07, 6.45) is 0.963. The Bertz CT molecular complexity index is 529. The Kier molecular flexibility index (Phi) is 5.05. The molecule has 1 N–H and O–H groups in total. The third kappa shape index (κ3) is 4.26. The highest BCUT2D eigenvalue weighted by atomic mass is 35.5. The fourth-order valence-electron chi connectivity index (χ4n) is 2.06. The van der Waals surface area contributed by atoms with Crippen LogP contribution in [0.2, 0.25) is 10.0 Å². The fourth-order valence-corrected chi connectivity index (χ4v) is 2.31. The lowest BCUT2D eigenvalue weighted by Crippen LogP contribution is -2.19. The Hall–Kier alpha value is -1.51. The first kappa shape index (κ1) is 14.9. The second-order valence-corrected chi connectivity index (χ2v) is 5.57. The van der Waals surface area contributed by atoms with Crippen LogP contribution < -0.4 is 0 Å². The Morgan fingerprint density at radius 3 is 1.50 bits per heavy atom. The van der Waals surface area contributed by atoms with Gasteiger partial charge in [-0.25, -0.2) is 0 Å². The number of aliphatic carboxylic acids is 1. The van der Waals surface area contributed by atoms with E-state index in [-0.39, 0.29) is 0 Å². The van der Waals surface area contributed by atoms with Crippen molar-refractivity contribution in [1.29, 1.82) is 0 Å². The molecule has 2 nitrogen and oxygen atoms in total. The van der Waals surface area contributed by atoms with Gasteiger partial charge in [0.2, 0.25) is 0 Å². The van der Waals surface area contributed by atoms with Gasteiger partial charge in [-0.05, 0) is 48.2 Å². The second kappa shape index (κ2) is 6.78. The average Bonchev–Trinajstić information content (AvgIpc) is 2.42. The molecule has 0 aliphatic rings. The van der Waals surface area contributed by atoms with Gasteiger partial charge in [-0.3, -0.25) is 4.79 Å². The molecule has 0 heterocycles. The van der Waals surface area contributed by atoms with E-state index in [2.05, 4.69) is 0 Å². The maximum atomic E-state index is 11.4. The summed E-state index contributed by atoms with van der Waals surface area (Å²) in [5, 5.41) is 10.7. The van der Waals surface area contributed by atoms with Gasteiger partial charge in [0.25, 0.3) is 0 Å². The summed E-state index contributed by atoms with van der Waals surface area (Å²) in [4.78, 5) is 11.4. The van der Waals surface area contributed by atoms with Crippen molar-refractivity contribution >= 4 is 29.2 Å². The topological polar surface area (TPSA) is 37.3 Å². The van der Waals surface area contributed by atoms with Gasteiger partial charge in [0, 0.05) is 10.0 Å². The van der Waals surface area contributed by atoms with Crippen molar-refractivity contribution in [2.75, 3.05) is 0 Å². The zero-order valence-electron chi connectivity index (χ0n) is 10.7. The number of benzene rings is 2. The molecule has 20 heavy (non-hydrogen) atoms. The molecule has 0 saturated heterocycles. The number of carbonyl (C=O) groups is 1. The Morgan fingerprint density at radius 2 is 1.20 bits per heavy atom. The lowest BCUT2D eigenvalue weighted by Gasteiger charge is -2.12. The number of halogens is 2. The summed E-state index contributed by atoms with van der Waals surface area (Å²) in [5.41, 5.74) is 1.94. The van der Waals surface area contributed by atoms with Crippen molar-refractivity contribution in [1.82, 2.24) is 0 Å². The molecule has 0 aliphatic heterocycles. The lowest BCUT2D eigenvalue weighted by molar-refractivity contribution is -0.141. The molecule has 2 aromatic carbocycles. The van der Waals surface area contributed by atoms with E-state index in [1.807, 2.05) is 24.3 Å². The van der Waals surface area contributed by atoms with Crippen molar-refractivity contribution in [2.45, 2.75) is 12.8 Å². The molecule has 0 bridgehead atoms. The van der Waals surface area contributed by atoms with Crippen LogP contribution in [0.15, 0.2) is 48.5 Å². The highest BCUT2D eigenvalue weighted by Crippen LogP contribution is 2.18. The molecule has 2 rings (SSSR count). The smallest absolute Gasteiger partial charge is 0.307 e. The molecule has 0 fully saturated rings. The predicted octanol–water partition coefficient (Wildman–Crippen LogP) is 4.48. The number of hydrogen-bond acceptors (Lipinski definition) is 1. The maximum Gasteiger partial charge on any atom is 0.307 e. The summed E-state index contributed by atoms with van der Waals surface area (Å²) in [7, 11) is 0. The molecule has 0 unspecified atom stereocenters. The predicted molar refractivity (Wildman–Crippen MR) is 81.4 cm³/mol. The monoisotopic (exact) mass is 308 g/mol. The zero-order valence-corrected chi connectivity index (χ0v) is 12.2. The van der Waals surface area contributed by atoms with Gasteiger partial charge in [-0.2, -0.15) is 0 Å². The maximum absolute atomic E-state index is 11.4. The van der Waals surface area contributed by atoms with E-state index in [1.165, 1.54) is 0 Å². The minimum atomic E-state index is -0.796. The standard InChI is InChI=1S/C16H14Cl2O2/c17-14-5-1-11(2-6-14)9-13(16(19)20)10-12-3-7-15(18)8-4-12/h1-8,13H,9-10H2,(H,19,20). The van der Waals surface area contributed by atoms with E-state index in [1.54, 1.807) is 24.3 Å². The van der Waals surface area contributed by atoms with Crippen molar-refractivity contribution < 1.29 is 9.90 Å². The number of hydrogen-bond donors (Lipinski definition) is 1. The van der Waals surface area contributed by atoms with Crippen molar-refractivity contribution in [3.63, 3.8) is 0 Å². The summed E-state index contributed by atoms with van der Waals surface area (Å²) >= 11 is 11.7. The molecule has 0 spiro atoms. The average molecular weight is 309 g/mol. The molecule has 2 aromatic rings. The summed E-state index contributed by atoms with van der Waals surface area (Å²) < 4.78 is 0. The van der Waals surface area contributed by atoms with E-state index in [0.717, 1.165) is 11.1 Å². The van der Waals surface area contributed by atoms with Gasteiger partial charge >= 0.3 is 5.97 Å². The van der Waals surface area contributed by atoms with Crippen molar-refractivity contribution in [3.8, 4) is 0 Å². The van der Waals surface area contributed by atoms with Gasteiger partial charge < -0.3 is 5.11 Å². The van der Waals surface area contributed by atoms with E-state index >= 15 is 0 Å². The van der Waals surface area contributed by atoms with E-state index < -0.39 is 11.9 Å². The van der Waals surface area contributed by atoms with Gasteiger partial charge in [-0.1, -0.05) is 47.5 Å². The minimum Gasteiger partial charge on any atom is -0.481 e. The second-order valence-electron chi connectivity index (χ2n) is 4.70. The third-order valence-corrected chi connectivity index (χ3v) is 3.64. The highest BCUT2D eigenvalue weighted by molar-refractivity contribution is 6.30. The van der Waals surface area contributed by atoms with E-state index in [4.69, 9.17) is 23.2 Å². The Balaban J connectivity index is 2.09. The van der Waals surface area contributed by atoms with Gasteiger partial charge in [-0.15, -0.1) is 0 Å². The summed E-state index contributed by atoms with van der Waals surface area (Å²) in [6.45, 7) is 0. The molecule has 0 radical (unpaired) electrons. The largest absolute Gasteiger partial charge is 0.481 e. The van der Waals surface area contributed by atoms with Crippen LogP contribution in [0.25, 0.3) is 0 Å². The van der Waals surface area contributed by atoms with Crippen LogP contribution in [0.1, 0.15) is 11.1 Å². The first-order valence-corrected chi connectivity index (χ1v) is 7.02. The summed E-state index contributed by atoms with van der Waals surface area (Å²) in [5.74, 6) is -1.26. The van der Waals surface area contributed by atoms with Crippen LogP contribution in [0.5, 0.6) is 0 Å². The van der Waals surface area contributed by atoms with Crippen LogP contribution in [-0.2, 0) is 17.6 Å². The SMILES string of the molecule is O=C(O)C(Cc1ccc(Cl)cc1)Cc1ccc(Cl)cc1. The fraction of sp³-hybridized carbons (Fsp3) is 0.188. The molecular formula is C16H14Cl2O2. The van der Waals surface area contributed by atoms with Crippen molar-refractivity contribution in [3.05, 3.63) is 69.7 Å². The van der Waals surface area contributed by atoms with Crippen LogP contribution in [-0.4, -0.2) is 11.1 Å². The first-order chi connectivity index (χ1) is 9.54. The van der Waals surface area contributed by atoms with Gasteiger partial charge in [0.15, 0.2) is 0 Å². The normalized spacial score (nSPS) is 10.8. The van der Waals surface area contributed by atoms with Gasteiger partial charge in [0.05, 0.1) is 5.92 Å². The molecule has 0 atom stereocenters. The number of carboxylic acid groups (broad SMARTS) is 1. The third-order valence-electron chi connectivity index (χ3n) is 3.14. The quantitative estimate of drug-likeness (QED) is 0.884. The van der Waals surface area contributed by atoms with E-state index in [0.29, 0.717) is 22.9 Å². The molecule has 0 aliphatic carbocycles. The van der Waals surface area contributed by atoms with Crippen molar-refractivity contribution in [2.24, 2.45) is 5.92 Å². The van der Waals surface area contributed by atoms with Crippen LogP contribution in [0, 0.1) is 5.92 Å². The van der Waals surface area contributed by atoms with E-state index in [9.17, 15) is 9.90 Å². The Labute approximate surface area is 128 Å². The van der Waals surface area contributed by atoms with Crippen LogP contribution in [0.3, 0.4) is 0 Å². The van der Waals surface area contributed by atoms with Gasteiger partial charge in [0.1, 0.15) is 0 Å². The highest BCUT2D eigenvalue weighted by Gasteiger charge is 2.18. The molecule has 0 amide bonds. The Morgan fingerprint density at radius 1 is 0.850 bits per heavy atom. The number of rotatable bonds is 5. The number of carboxylic acids is 1. The molecular weight excluding hydrogens is 295 g/mol. The molecule has 104 valence electrons. The molecule has 0 aromatic heterocycles. The minimum absolute atomic E-state index is 0.461. The summed E-state index contributed by atoms with van der Waals surface area (Å²) in [6, 6.07) is 14.5. The lowest BCUT2D eigenvalue weighted by atomic mass is 9.93. The molecule has 4 heteroatoms. The zero-order chi connectivity index (χ0) is 14.5. The molecule has 0 saturated carbocycles. The van der Waals surface area contributed by atoms with Crippen LogP contribution >= 0.6 is 23.2 Å².